The maximum atomic E-state index is 12.8. The number of rotatable bonds is 9. The maximum absolute atomic E-state index is 12.8. The van der Waals surface area contributed by atoms with Crippen molar-refractivity contribution in [1.29, 1.82) is 0 Å². The second-order valence-electron chi connectivity index (χ2n) is 7.54. The first-order valence-electron chi connectivity index (χ1n) is 10.4. The molecule has 2 aromatic rings. The normalized spacial score (nSPS) is 20.5. The predicted molar refractivity (Wildman–Crippen MR) is 116 cm³/mol. The van der Waals surface area contributed by atoms with E-state index in [1.54, 1.807) is 13.0 Å². The molecular weight excluding hydrogens is 416 g/mol. The van der Waals surface area contributed by atoms with E-state index in [1.165, 1.54) is 21.3 Å². The third-order valence-electron chi connectivity index (χ3n) is 5.33. The Bertz CT molecular complexity index is 899. The quantitative estimate of drug-likeness (QED) is 0.587. The zero-order chi connectivity index (χ0) is 23.1. The van der Waals surface area contributed by atoms with Gasteiger partial charge in [-0.2, -0.15) is 0 Å². The highest BCUT2D eigenvalue weighted by Crippen LogP contribution is 2.42. The average Bonchev–Trinajstić information content (AvgIpc) is 2.81. The van der Waals surface area contributed by atoms with Gasteiger partial charge in [-0.15, -0.1) is 0 Å². The van der Waals surface area contributed by atoms with Crippen molar-refractivity contribution in [1.82, 2.24) is 0 Å². The molecule has 1 saturated heterocycles. The fraction of sp³-hybridized carbons (Fsp3) is 0.458. The molecule has 1 heterocycles. The van der Waals surface area contributed by atoms with Crippen LogP contribution in [0.5, 0.6) is 17.2 Å². The van der Waals surface area contributed by atoms with E-state index in [9.17, 15) is 9.90 Å². The van der Waals surface area contributed by atoms with Crippen molar-refractivity contribution in [2.75, 3.05) is 27.9 Å². The second-order valence-corrected chi connectivity index (χ2v) is 7.54. The van der Waals surface area contributed by atoms with E-state index < -0.39 is 24.5 Å². The molecule has 8 heteroatoms. The largest absolute Gasteiger partial charge is 0.493 e. The molecule has 0 bridgehead atoms. The number of methoxy groups -OCH3 is 3. The van der Waals surface area contributed by atoms with Crippen LogP contribution in [0, 0.1) is 6.92 Å². The fourth-order valence-electron chi connectivity index (χ4n) is 3.64. The van der Waals surface area contributed by atoms with E-state index in [-0.39, 0.29) is 6.61 Å². The third kappa shape index (κ3) is 5.70. The molecule has 8 nitrogen and oxygen atoms in total. The van der Waals surface area contributed by atoms with Crippen molar-refractivity contribution in [2.45, 2.75) is 44.9 Å². The number of aliphatic hydroxyl groups is 1. The molecule has 1 aliphatic rings. The first-order valence-corrected chi connectivity index (χ1v) is 10.4. The average molecular weight is 446 g/mol. The first kappa shape index (κ1) is 23.8. The lowest BCUT2D eigenvalue weighted by atomic mass is 10.0. The smallest absolute Gasteiger partial charge is 0.338 e. The summed E-state index contributed by atoms with van der Waals surface area (Å²) in [6, 6.07) is 11.3. The van der Waals surface area contributed by atoms with Gasteiger partial charge in [0.25, 0.3) is 0 Å². The van der Waals surface area contributed by atoms with Crippen LogP contribution in [0.15, 0.2) is 36.4 Å². The summed E-state index contributed by atoms with van der Waals surface area (Å²) in [4.78, 5) is 12.8. The molecule has 2 aromatic carbocycles. The van der Waals surface area contributed by atoms with Gasteiger partial charge in [0, 0.05) is 25.5 Å². The maximum Gasteiger partial charge on any atom is 0.338 e. The Hall–Kier alpha value is -2.81. The number of hydrogen-bond donors (Lipinski definition) is 1. The second kappa shape index (κ2) is 11.2. The van der Waals surface area contributed by atoms with Crippen molar-refractivity contribution in [3.63, 3.8) is 0 Å². The van der Waals surface area contributed by atoms with Crippen molar-refractivity contribution >= 4 is 5.97 Å². The molecule has 3 atom stereocenters. The lowest BCUT2D eigenvalue weighted by Crippen LogP contribution is -2.39. The molecule has 1 aliphatic heterocycles. The molecular formula is C24H30O8. The highest BCUT2D eigenvalue weighted by Gasteiger charge is 2.30. The molecule has 0 aliphatic carbocycles. The first-order chi connectivity index (χ1) is 15.5. The molecule has 174 valence electrons. The number of ether oxygens (including phenoxy) is 6. The van der Waals surface area contributed by atoms with Gasteiger partial charge in [-0.1, -0.05) is 30.3 Å². The van der Waals surface area contributed by atoms with Crippen LogP contribution in [0.1, 0.15) is 34.3 Å². The monoisotopic (exact) mass is 446 g/mol. The van der Waals surface area contributed by atoms with Crippen molar-refractivity contribution < 1.29 is 38.3 Å². The number of carbonyl (C=O) groups is 1. The summed E-state index contributed by atoms with van der Waals surface area (Å²) >= 11 is 0. The van der Waals surface area contributed by atoms with Gasteiger partial charge in [0.05, 0.1) is 32.0 Å². The summed E-state index contributed by atoms with van der Waals surface area (Å²) < 4.78 is 33.3. The fourth-order valence-corrected chi connectivity index (χ4v) is 3.64. The van der Waals surface area contributed by atoms with Crippen molar-refractivity contribution in [3.8, 4) is 17.2 Å². The zero-order valence-corrected chi connectivity index (χ0v) is 18.8. The van der Waals surface area contributed by atoms with Crippen molar-refractivity contribution in [2.24, 2.45) is 0 Å². The Morgan fingerprint density at radius 2 is 1.84 bits per heavy atom. The number of esters is 1. The lowest BCUT2D eigenvalue weighted by Gasteiger charge is -2.31. The standard InChI is InChI=1S/C24H30O8/c1-15-19(24(26)31-14-18-10-17(25)11-21(28-3)32-18)12-20(27-2)23(22(15)29-4)30-13-16-8-6-5-7-9-16/h5-9,12,17-18,21,25H,10-11,13-14H2,1-4H3. The minimum Gasteiger partial charge on any atom is -0.493 e. The summed E-state index contributed by atoms with van der Waals surface area (Å²) in [7, 11) is 4.51. The molecule has 1 fully saturated rings. The van der Waals surface area contributed by atoms with Gasteiger partial charge in [0.15, 0.2) is 17.8 Å². The van der Waals surface area contributed by atoms with Gasteiger partial charge >= 0.3 is 5.97 Å². The molecule has 3 rings (SSSR count). The van der Waals surface area contributed by atoms with Gasteiger partial charge in [-0.25, -0.2) is 4.79 Å². The highest BCUT2D eigenvalue weighted by atomic mass is 16.7. The summed E-state index contributed by atoms with van der Waals surface area (Å²) in [6.07, 6.45) is -0.791. The van der Waals surface area contributed by atoms with Crippen LogP contribution in [0.25, 0.3) is 0 Å². The molecule has 0 amide bonds. The predicted octanol–water partition coefficient (Wildman–Crippen LogP) is 3.26. The Balaban J connectivity index is 1.75. The molecule has 0 saturated carbocycles. The van der Waals surface area contributed by atoms with E-state index in [1.807, 2.05) is 30.3 Å². The molecule has 0 radical (unpaired) electrons. The number of hydrogen-bond acceptors (Lipinski definition) is 8. The van der Waals surface area contributed by atoms with E-state index >= 15 is 0 Å². The van der Waals surface area contributed by atoms with E-state index in [2.05, 4.69) is 0 Å². The van der Waals surface area contributed by atoms with Gasteiger partial charge in [0.1, 0.15) is 13.2 Å². The minimum absolute atomic E-state index is 0.00785. The summed E-state index contributed by atoms with van der Waals surface area (Å²) in [5, 5.41) is 9.96. The zero-order valence-electron chi connectivity index (χ0n) is 18.8. The molecule has 32 heavy (non-hydrogen) atoms. The third-order valence-corrected chi connectivity index (χ3v) is 5.33. The molecule has 1 N–H and O–H groups in total. The summed E-state index contributed by atoms with van der Waals surface area (Å²) in [5.41, 5.74) is 1.85. The van der Waals surface area contributed by atoms with Gasteiger partial charge in [-0.3, -0.25) is 0 Å². The molecule has 0 spiro atoms. The molecule has 0 aromatic heterocycles. The number of benzene rings is 2. The van der Waals surface area contributed by atoms with Crippen LogP contribution >= 0.6 is 0 Å². The van der Waals surface area contributed by atoms with Crippen LogP contribution < -0.4 is 14.2 Å². The molecule has 3 unspecified atom stereocenters. The van der Waals surface area contributed by atoms with E-state index in [4.69, 9.17) is 28.4 Å². The van der Waals surface area contributed by atoms with Crippen molar-refractivity contribution in [3.05, 3.63) is 53.1 Å². The Labute approximate surface area is 187 Å². The van der Waals surface area contributed by atoms with Crippen LogP contribution in [0.4, 0.5) is 0 Å². The van der Waals surface area contributed by atoms with Crippen LogP contribution in [-0.4, -0.2) is 57.5 Å². The lowest BCUT2D eigenvalue weighted by molar-refractivity contribution is -0.210. The van der Waals surface area contributed by atoms with E-state index in [0.29, 0.717) is 47.8 Å². The van der Waals surface area contributed by atoms with Crippen LogP contribution in [-0.2, 0) is 20.8 Å². The Morgan fingerprint density at radius 1 is 1.09 bits per heavy atom. The SMILES string of the molecule is COc1cc(C(=O)OCC2CC(O)CC(OC)O2)c(C)c(OC)c1OCc1ccccc1. The topological polar surface area (TPSA) is 92.7 Å². The summed E-state index contributed by atoms with van der Waals surface area (Å²) in [5.74, 6) is 0.621. The number of aliphatic hydroxyl groups excluding tert-OH is 1. The van der Waals surface area contributed by atoms with Gasteiger partial charge in [0.2, 0.25) is 5.75 Å². The summed E-state index contributed by atoms with van der Waals surface area (Å²) in [6.45, 7) is 2.07. The van der Waals surface area contributed by atoms with Crippen LogP contribution in [0.3, 0.4) is 0 Å². The minimum atomic E-state index is -0.569. The Kier molecular flexibility index (Phi) is 8.33. The van der Waals surface area contributed by atoms with Gasteiger partial charge < -0.3 is 33.5 Å². The number of carbonyl (C=O) groups excluding carboxylic acids is 1. The highest BCUT2D eigenvalue weighted by molar-refractivity contribution is 5.93. The van der Waals surface area contributed by atoms with E-state index in [0.717, 1.165) is 5.56 Å². The van der Waals surface area contributed by atoms with Crippen LogP contribution in [0.2, 0.25) is 0 Å². The Morgan fingerprint density at radius 3 is 2.50 bits per heavy atom. The van der Waals surface area contributed by atoms with Gasteiger partial charge in [-0.05, 0) is 18.6 Å².